The second-order valence-electron chi connectivity index (χ2n) is 7.21. The van der Waals surface area contributed by atoms with Crippen molar-refractivity contribution < 1.29 is 0 Å². The summed E-state index contributed by atoms with van der Waals surface area (Å²) in [5.41, 5.74) is 0. The Bertz CT molecular complexity index is 256. The summed E-state index contributed by atoms with van der Waals surface area (Å²) < 4.78 is 0. The molecule has 2 unspecified atom stereocenters. The zero-order valence-electron chi connectivity index (χ0n) is 12.7. The summed E-state index contributed by atoms with van der Waals surface area (Å²) in [6.07, 6.45) is 13.2. The van der Waals surface area contributed by atoms with Crippen molar-refractivity contribution in [3.63, 3.8) is 0 Å². The number of hydrogen-bond donors (Lipinski definition) is 1. The van der Waals surface area contributed by atoms with Crippen molar-refractivity contribution in [2.75, 3.05) is 19.6 Å². The topological polar surface area (TPSA) is 15.3 Å². The molecule has 0 aromatic carbocycles. The molecule has 3 saturated carbocycles. The summed E-state index contributed by atoms with van der Waals surface area (Å²) in [5.74, 6) is 2.09. The third-order valence-electron chi connectivity index (χ3n) is 5.29. The Morgan fingerprint density at radius 1 is 0.842 bits per heavy atom. The normalized spacial score (nSPS) is 32.5. The van der Waals surface area contributed by atoms with E-state index in [1.807, 2.05) is 0 Å². The van der Waals surface area contributed by atoms with Crippen molar-refractivity contribution in [2.24, 2.45) is 11.8 Å². The van der Waals surface area contributed by atoms with E-state index in [0.717, 1.165) is 30.5 Å². The number of nitrogens with one attached hydrogen (secondary N) is 1. The number of rotatable bonds is 7. The highest BCUT2D eigenvalue weighted by Crippen LogP contribution is 2.36. The fourth-order valence-corrected chi connectivity index (χ4v) is 3.83. The zero-order valence-corrected chi connectivity index (χ0v) is 12.7. The Morgan fingerprint density at radius 2 is 1.47 bits per heavy atom. The molecule has 0 saturated heterocycles. The van der Waals surface area contributed by atoms with Crippen molar-refractivity contribution in [3.8, 4) is 0 Å². The third kappa shape index (κ3) is 4.19. The van der Waals surface area contributed by atoms with Gasteiger partial charge in [-0.2, -0.15) is 0 Å². The van der Waals surface area contributed by atoms with Crippen LogP contribution in [0.2, 0.25) is 0 Å². The minimum absolute atomic E-state index is 0.769. The Hall–Kier alpha value is -0.0800. The molecule has 0 radical (unpaired) electrons. The fraction of sp³-hybridized carbons (Fsp3) is 1.00. The molecule has 3 aliphatic carbocycles. The van der Waals surface area contributed by atoms with E-state index in [-0.39, 0.29) is 0 Å². The minimum Gasteiger partial charge on any atom is -0.313 e. The first-order valence-electron chi connectivity index (χ1n) is 8.84. The fourth-order valence-electron chi connectivity index (χ4n) is 3.83. The van der Waals surface area contributed by atoms with Gasteiger partial charge in [-0.1, -0.05) is 26.2 Å². The average molecular weight is 264 g/mol. The van der Waals surface area contributed by atoms with Crippen LogP contribution >= 0.6 is 0 Å². The molecular weight excluding hydrogens is 232 g/mol. The smallest absolute Gasteiger partial charge is 0.0249 e. The Labute approximate surface area is 119 Å². The van der Waals surface area contributed by atoms with E-state index < -0.39 is 0 Å². The van der Waals surface area contributed by atoms with E-state index in [9.17, 15) is 0 Å². The average Bonchev–Trinajstić information content (AvgIpc) is 3.26. The monoisotopic (exact) mass is 264 g/mol. The lowest BCUT2D eigenvalue weighted by Gasteiger charge is -2.37. The van der Waals surface area contributed by atoms with Crippen molar-refractivity contribution >= 4 is 0 Å². The highest BCUT2D eigenvalue weighted by atomic mass is 15.2. The van der Waals surface area contributed by atoms with Gasteiger partial charge in [-0.3, -0.25) is 4.90 Å². The first-order chi connectivity index (χ1) is 9.36. The predicted molar refractivity (Wildman–Crippen MR) is 81.4 cm³/mol. The van der Waals surface area contributed by atoms with Crippen LogP contribution in [-0.4, -0.2) is 36.6 Å². The maximum absolute atomic E-state index is 3.80. The van der Waals surface area contributed by atoms with Gasteiger partial charge in [0.05, 0.1) is 0 Å². The van der Waals surface area contributed by atoms with Crippen LogP contribution < -0.4 is 5.32 Å². The first-order valence-corrected chi connectivity index (χ1v) is 8.84. The standard InChI is InChI=1S/C17H32N2/c1-2-18-16-6-4-3-5-7-17(16)19(12-14-8-9-14)13-15-10-11-15/h14-18H,2-13H2,1H3. The van der Waals surface area contributed by atoms with Crippen molar-refractivity contribution in [3.05, 3.63) is 0 Å². The van der Waals surface area contributed by atoms with Crippen LogP contribution in [0.1, 0.15) is 64.7 Å². The Morgan fingerprint density at radius 3 is 2.05 bits per heavy atom. The molecule has 2 nitrogen and oxygen atoms in total. The molecule has 2 atom stereocenters. The van der Waals surface area contributed by atoms with Crippen molar-refractivity contribution in [2.45, 2.75) is 76.8 Å². The lowest BCUT2D eigenvalue weighted by atomic mass is 10.00. The molecule has 1 N–H and O–H groups in total. The maximum Gasteiger partial charge on any atom is 0.0249 e. The molecular formula is C17H32N2. The maximum atomic E-state index is 3.80. The minimum atomic E-state index is 0.769. The van der Waals surface area contributed by atoms with E-state index in [0.29, 0.717) is 0 Å². The van der Waals surface area contributed by atoms with Crippen molar-refractivity contribution in [1.29, 1.82) is 0 Å². The van der Waals surface area contributed by atoms with Gasteiger partial charge in [0, 0.05) is 25.2 Å². The van der Waals surface area contributed by atoms with Gasteiger partial charge in [-0.05, 0) is 56.9 Å². The van der Waals surface area contributed by atoms with Crippen LogP contribution in [-0.2, 0) is 0 Å². The van der Waals surface area contributed by atoms with Crippen LogP contribution in [0, 0.1) is 11.8 Å². The number of hydrogen-bond acceptors (Lipinski definition) is 2. The van der Waals surface area contributed by atoms with Gasteiger partial charge in [0.1, 0.15) is 0 Å². The molecule has 110 valence electrons. The first kappa shape index (κ1) is 13.9. The number of nitrogens with zero attached hydrogens (tertiary/aromatic N) is 1. The predicted octanol–water partition coefficient (Wildman–Crippen LogP) is 3.42. The van der Waals surface area contributed by atoms with Gasteiger partial charge in [-0.25, -0.2) is 0 Å². The zero-order chi connectivity index (χ0) is 13.1. The molecule has 0 aromatic rings. The van der Waals surface area contributed by atoms with Crippen LogP contribution in [0.4, 0.5) is 0 Å². The van der Waals surface area contributed by atoms with Gasteiger partial charge in [0.2, 0.25) is 0 Å². The molecule has 0 amide bonds. The quantitative estimate of drug-likeness (QED) is 0.709. The van der Waals surface area contributed by atoms with Crippen LogP contribution in [0.5, 0.6) is 0 Å². The van der Waals surface area contributed by atoms with Gasteiger partial charge in [0.15, 0.2) is 0 Å². The second kappa shape index (κ2) is 6.58. The van der Waals surface area contributed by atoms with E-state index in [4.69, 9.17) is 0 Å². The molecule has 3 rings (SSSR count). The molecule has 0 bridgehead atoms. The molecule has 0 spiro atoms. The lowest BCUT2D eigenvalue weighted by Crippen LogP contribution is -2.50. The molecule has 19 heavy (non-hydrogen) atoms. The molecule has 0 heterocycles. The van der Waals surface area contributed by atoms with E-state index in [1.54, 1.807) is 0 Å². The summed E-state index contributed by atoms with van der Waals surface area (Å²) in [6, 6.07) is 1.61. The van der Waals surface area contributed by atoms with Gasteiger partial charge in [0.25, 0.3) is 0 Å². The summed E-state index contributed by atoms with van der Waals surface area (Å²) in [4.78, 5) is 2.91. The number of likely N-dealkylation sites (N-methyl/N-ethyl adjacent to an activating group) is 1. The SMILES string of the molecule is CCNC1CCCCCC1N(CC1CC1)CC1CC1. The lowest BCUT2D eigenvalue weighted by molar-refractivity contribution is 0.136. The summed E-state index contributed by atoms with van der Waals surface area (Å²) in [6.45, 7) is 6.22. The summed E-state index contributed by atoms with van der Waals surface area (Å²) in [7, 11) is 0. The molecule has 3 aliphatic rings. The van der Waals surface area contributed by atoms with Gasteiger partial charge < -0.3 is 5.32 Å². The van der Waals surface area contributed by atoms with E-state index in [2.05, 4.69) is 17.1 Å². The van der Waals surface area contributed by atoms with E-state index >= 15 is 0 Å². The highest BCUT2D eigenvalue weighted by molar-refractivity contribution is 4.91. The van der Waals surface area contributed by atoms with Crippen LogP contribution in [0.3, 0.4) is 0 Å². The molecule has 0 aliphatic heterocycles. The molecule has 2 heteroatoms. The Balaban J connectivity index is 1.63. The molecule has 3 fully saturated rings. The highest BCUT2D eigenvalue weighted by Gasteiger charge is 2.35. The van der Waals surface area contributed by atoms with Crippen LogP contribution in [0.25, 0.3) is 0 Å². The second-order valence-corrected chi connectivity index (χ2v) is 7.21. The largest absolute Gasteiger partial charge is 0.313 e. The van der Waals surface area contributed by atoms with Gasteiger partial charge in [-0.15, -0.1) is 0 Å². The van der Waals surface area contributed by atoms with E-state index in [1.165, 1.54) is 70.9 Å². The Kier molecular flexibility index (Phi) is 4.81. The third-order valence-corrected chi connectivity index (χ3v) is 5.29. The molecule has 0 aromatic heterocycles. The summed E-state index contributed by atoms with van der Waals surface area (Å²) in [5, 5.41) is 3.80. The van der Waals surface area contributed by atoms with Gasteiger partial charge >= 0.3 is 0 Å². The van der Waals surface area contributed by atoms with Crippen molar-refractivity contribution in [1.82, 2.24) is 10.2 Å². The summed E-state index contributed by atoms with van der Waals surface area (Å²) >= 11 is 0. The van der Waals surface area contributed by atoms with Crippen LogP contribution in [0.15, 0.2) is 0 Å².